The monoisotopic (exact) mass is 443 g/mol. The standard InChI is InChI=1S/C28H33NO2Si/c1-30-25-17-15-24(16-18-25)28-20-26(31-32(2,3)4)19-27(23-13-9-6-10-14-23)29(28)21-22-11-7-5-8-12-22/h5-19,27-28H,20-21H2,1-4H3/t27-,28+/m0/s1. The van der Waals surface area contributed by atoms with Gasteiger partial charge in [-0.25, -0.2) is 0 Å². The van der Waals surface area contributed by atoms with E-state index in [1.165, 1.54) is 16.7 Å². The number of benzene rings is 3. The number of hydrogen-bond acceptors (Lipinski definition) is 3. The van der Waals surface area contributed by atoms with Crippen molar-refractivity contribution in [2.75, 3.05) is 7.11 Å². The third-order valence-electron chi connectivity index (χ3n) is 5.78. The van der Waals surface area contributed by atoms with Crippen molar-refractivity contribution in [3.8, 4) is 5.75 Å². The molecule has 3 aromatic carbocycles. The van der Waals surface area contributed by atoms with Crippen LogP contribution in [0.15, 0.2) is 96.8 Å². The van der Waals surface area contributed by atoms with Crippen molar-refractivity contribution in [1.82, 2.24) is 4.90 Å². The Kier molecular flexibility index (Phi) is 6.82. The summed E-state index contributed by atoms with van der Waals surface area (Å²) in [6, 6.07) is 30.4. The van der Waals surface area contributed by atoms with Crippen molar-refractivity contribution in [3.63, 3.8) is 0 Å². The van der Waals surface area contributed by atoms with Crippen molar-refractivity contribution in [2.45, 2.75) is 44.7 Å². The van der Waals surface area contributed by atoms with Crippen LogP contribution in [-0.2, 0) is 11.0 Å². The molecule has 0 aliphatic carbocycles. The van der Waals surface area contributed by atoms with Gasteiger partial charge in [-0.1, -0.05) is 72.8 Å². The summed E-state index contributed by atoms with van der Waals surface area (Å²) in [6.45, 7) is 7.63. The van der Waals surface area contributed by atoms with E-state index >= 15 is 0 Å². The highest BCUT2D eigenvalue weighted by Crippen LogP contribution is 2.43. The van der Waals surface area contributed by atoms with E-state index in [9.17, 15) is 0 Å². The maximum Gasteiger partial charge on any atom is 0.241 e. The maximum atomic E-state index is 6.57. The molecule has 0 bridgehead atoms. The molecule has 4 heteroatoms. The second kappa shape index (κ2) is 9.76. The van der Waals surface area contributed by atoms with Crippen LogP contribution in [0.4, 0.5) is 0 Å². The van der Waals surface area contributed by atoms with Crippen LogP contribution in [-0.4, -0.2) is 20.3 Å². The van der Waals surface area contributed by atoms with Crippen LogP contribution in [0.5, 0.6) is 5.75 Å². The molecular weight excluding hydrogens is 410 g/mol. The van der Waals surface area contributed by atoms with E-state index in [1.807, 2.05) is 0 Å². The fraction of sp³-hybridized carbons (Fsp3) is 0.286. The van der Waals surface area contributed by atoms with Crippen LogP contribution >= 0.6 is 0 Å². The van der Waals surface area contributed by atoms with Gasteiger partial charge in [-0.2, -0.15) is 0 Å². The minimum Gasteiger partial charge on any atom is -0.547 e. The Hall–Kier alpha value is -2.82. The highest BCUT2D eigenvalue weighted by atomic mass is 28.4. The smallest absolute Gasteiger partial charge is 0.241 e. The Morgan fingerprint density at radius 1 is 0.812 bits per heavy atom. The number of nitrogens with zero attached hydrogens (tertiary/aromatic N) is 1. The molecule has 166 valence electrons. The fourth-order valence-electron chi connectivity index (χ4n) is 4.39. The van der Waals surface area contributed by atoms with Gasteiger partial charge in [0.1, 0.15) is 5.75 Å². The Morgan fingerprint density at radius 2 is 1.44 bits per heavy atom. The normalized spacial score (nSPS) is 19.3. The maximum absolute atomic E-state index is 6.57. The first-order chi connectivity index (χ1) is 15.4. The van der Waals surface area contributed by atoms with Gasteiger partial charge in [0.15, 0.2) is 0 Å². The predicted molar refractivity (Wildman–Crippen MR) is 134 cm³/mol. The lowest BCUT2D eigenvalue weighted by Gasteiger charge is -2.42. The van der Waals surface area contributed by atoms with Gasteiger partial charge in [0.05, 0.1) is 18.9 Å². The van der Waals surface area contributed by atoms with E-state index in [0.717, 1.165) is 24.5 Å². The van der Waals surface area contributed by atoms with E-state index in [4.69, 9.17) is 9.16 Å². The fourth-order valence-corrected chi connectivity index (χ4v) is 5.32. The number of methoxy groups -OCH3 is 1. The predicted octanol–water partition coefficient (Wildman–Crippen LogP) is 7.12. The van der Waals surface area contributed by atoms with Crippen LogP contribution < -0.4 is 4.74 Å². The topological polar surface area (TPSA) is 21.7 Å². The van der Waals surface area contributed by atoms with Gasteiger partial charge < -0.3 is 9.16 Å². The molecule has 0 radical (unpaired) electrons. The Bertz CT molecular complexity index is 1030. The number of rotatable bonds is 7. The first kappa shape index (κ1) is 22.4. The summed E-state index contributed by atoms with van der Waals surface area (Å²) in [4.78, 5) is 2.60. The molecule has 32 heavy (non-hydrogen) atoms. The summed E-state index contributed by atoms with van der Waals surface area (Å²) in [7, 11) is -0.00969. The van der Waals surface area contributed by atoms with E-state index < -0.39 is 8.32 Å². The van der Waals surface area contributed by atoms with Crippen molar-refractivity contribution in [3.05, 3.63) is 113 Å². The van der Waals surface area contributed by atoms with Gasteiger partial charge in [-0.15, -0.1) is 0 Å². The van der Waals surface area contributed by atoms with E-state index in [0.29, 0.717) is 0 Å². The molecule has 0 saturated heterocycles. The van der Waals surface area contributed by atoms with Crippen LogP contribution in [0, 0.1) is 0 Å². The molecule has 4 rings (SSSR count). The number of hydrogen-bond donors (Lipinski definition) is 0. The summed E-state index contributed by atoms with van der Waals surface area (Å²) in [5, 5.41) is 0. The van der Waals surface area contributed by atoms with Crippen molar-refractivity contribution in [1.29, 1.82) is 0 Å². The second-order valence-electron chi connectivity index (χ2n) is 9.35. The first-order valence-corrected chi connectivity index (χ1v) is 14.7. The zero-order valence-corrected chi connectivity index (χ0v) is 20.5. The highest BCUT2D eigenvalue weighted by Gasteiger charge is 2.34. The molecule has 3 aromatic rings. The largest absolute Gasteiger partial charge is 0.547 e. The van der Waals surface area contributed by atoms with Gasteiger partial charge >= 0.3 is 0 Å². The molecule has 0 saturated carbocycles. The molecule has 3 nitrogen and oxygen atoms in total. The zero-order valence-electron chi connectivity index (χ0n) is 19.5. The highest BCUT2D eigenvalue weighted by molar-refractivity contribution is 6.70. The summed E-state index contributed by atoms with van der Waals surface area (Å²) >= 11 is 0. The van der Waals surface area contributed by atoms with Crippen LogP contribution in [0.1, 0.15) is 35.2 Å². The van der Waals surface area contributed by atoms with Crippen LogP contribution in [0.3, 0.4) is 0 Å². The Labute approximate surface area is 193 Å². The molecule has 0 unspecified atom stereocenters. The van der Waals surface area contributed by atoms with Gasteiger partial charge in [0.2, 0.25) is 8.32 Å². The molecule has 1 aliphatic heterocycles. The Morgan fingerprint density at radius 3 is 2.03 bits per heavy atom. The van der Waals surface area contributed by atoms with Gasteiger partial charge in [-0.05, 0) is 54.5 Å². The number of ether oxygens (including phenoxy) is 1. The lowest BCUT2D eigenvalue weighted by atomic mass is 9.90. The third kappa shape index (κ3) is 5.50. The Balaban J connectivity index is 1.79. The molecule has 0 spiro atoms. The molecule has 1 heterocycles. The first-order valence-electron chi connectivity index (χ1n) is 11.3. The average Bonchev–Trinajstić information content (AvgIpc) is 2.80. The molecule has 0 N–H and O–H groups in total. The molecule has 2 atom stereocenters. The quantitative estimate of drug-likeness (QED) is 0.363. The lowest BCUT2D eigenvalue weighted by Crippen LogP contribution is -2.37. The van der Waals surface area contributed by atoms with Crippen molar-refractivity contribution in [2.24, 2.45) is 0 Å². The second-order valence-corrected chi connectivity index (χ2v) is 13.8. The van der Waals surface area contributed by atoms with E-state index in [-0.39, 0.29) is 12.1 Å². The van der Waals surface area contributed by atoms with E-state index in [2.05, 4.69) is 116 Å². The van der Waals surface area contributed by atoms with Gasteiger partial charge in [-0.3, -0.25) is 4.90 Å². The molecule has 1 aliphatic rings. The SMILES string of the molecule is COc1ccc([C@H]2CC(O[Si](C)(C)C)=C[C@@H](c3ccccc3)N2Cc2ccccc2)cc1. The molecule has 0 aromatic heterocycles. The summed E-state index contributed by atoms with van der Waals surface area (Å²) < 4.78 is 12.0. The minimum atomic E-state index is -1.72. The molecule has 0 fully saturated rings. The summed E-state index contributed by atoms with van der Waals surface area (Å²) in [5.41, 5.74) is 3.89. The molecule has 0 amide bonds. The molecular formula is C28H33NO2Si. The van der Waals surface area contributed by atoms with Crippen molar-refractivity contribution < 1.29 is 9.16 Å². The summed E-state index contributed by atoms with van der Waals surface area (Å²) in [5.74, 6) is 2.00. The third-order valence-corrected chi connectivity index (χ3v) is 6.66. The van der Waals surface area contributed by atoms with Crippen LogP contribution in [0.25, 0.3) is 0 Å². The summed E-state index contributed by atoms with van der Waals surface area (Å²) in [6.07, 6.45) is 3.21. The van der Waals surface area contributed by atoms with Crippen molar-refractivity contribution >= 4 is 8.32 Å². The lowest BCUT2D eigenvalue weighted by molar-refractivity contribution is 0.119. The zero-order chi connectivity index (χ0) is 22.6. The van der Waals surface area contributed by atoms with Crippen LogP contribution in [0.2, 0.25) is 19.6 Å². The van der Waals surface area contributed by atoms with Gasteiger partial charge in [0.25, 0.3) is 0 Å². The van der Waals surface area contributed by atoms with E-state index in [1.54, 1.807) is 7.11 Å². The average molecular weight is 444 g/mol. The van der Waals surface area contributed by atoms with Gasteiger partial charge in [0, 0.05) is 19.0 Å². The minimum absolute atomic E-state index is 0.142.